The monoisotopic (exact) mass is 144 g/mol. The summed E-state index contributed by atoms with van der Waals surface area (Å²) in [5, 5.41) is 8.63. The Morgan fingerprint density at radius 2 is 2.30 bits per heavy atom. The van der Waals surface area contributed by atoms with Crippen molar-refractivity contribution >= 4 is 5.97 Å². The van der Waals surface area contributed by atoms with Gasteiger partial charge in [-0.15, -0.1) is 0 Å². The minimum Gasteiger partial charge on any atom is -0.481 e. The quantitative estimate of drug-likeness (QED) is 0.626. The van der Waals surface area contributed by atoms with Crippen molar-refractivity contribution in [2.24, 2.45) is 5.92 Å². The van der Waals surface area contributed by atoms with E-state index in [1.165, 1.54) is 0 Å². The van der Waals surface area contributed by atoms with Crippen LogP contribution in [-0.4, -0.2) is 24.3 Å². The molecule has 0 unspecified atom stereocenters. The van der Waals surface area contributed by atoms with Gasteiger partial charge < -0.3 is 9.84 Å². The number of carboxylic acid groups (broad SMARTS) is 1. The standard InChI is InChI=1S/C7H12O3/c1-10-6-4-2-3-5(6)7(8)9/h5-6H,2-4H2,1H3,(H,8,9)/t5-,6-/m1/s1. The van der Waals surface area contributed by atoms with E-state index < -0.39 is 5.97 Å². The van der Waals surface area contributed by atoms with Crippen LogP contribution in [0.4, 0.5) is 0 Å². The molecule has 3 nitrogen and oxygen atoms in total. The van der Waals surface area contributed by atoms with Crippen LogP contribution in [0.3, 0.4) is 0 Å². The van der Waals surface area contributed by atoms with Gasteiger partial charge >= 0.3 is 5.97 Å². The molecule has 0 aromatic carbocycles. The van der Waals surface area contributed by atoms with Crippen LogP contribution in [0.5, 0.6) is 0 Å². The molecule has 0 heterocycles. The fourth-order valence-corrected chi connectivity index (χ4v) is 1.49. The fraction of sp³-hybridized carbons (Fsp3) is 0.857. The SMILES string of the molecule is CO[C@@H]1CCC[C@H]1C(=O)O. The van der Waals surface area contributed by atoms with Crippen LogP contribution in [0, 0.1) is 5.92 Å². The Morgan fingerprint density at radius 3 is 2.70 bits per heavy atom. The minimum absolute atomic E-state index is 0.0440. The molecule has 0 spiro atoms. The lowest BCUT2D eigenvalue weighted by Gasteiger charge is -2.12. The summed E-state index contributed by atoms with van der Waals surface area (Å²) >= 11 is 0. The van der Waals surface area contributed by atoms with Crippen LogP contribution in [0.2, 0.25) is 0 Å². The highest BCUT2D eigenvalue weighted by molar-refractivity contribution is 5.71. The lowest BCUT2D eigenvalue weighted by atomic mass is 10.1. The average Bonchev–Trinajstić information content (AvgIpc) is 2.33. The van der Waals surface area contributed by atoms with Gasteiger partial charge in [0.25, 0.3) is 0 Å². The fourth-order valence-electron chi connectivity index (χ4n) is 1.49. The number of carbonyl (C=O) groups is 1. The first-order valence-corrected chi connectivity index (χ1v) is 3.51. The third kappa shape index (κ3) is 1.29. The molecule has 2 atom stereocenters. The van der Waals surface area contributed by atoms with E-state index in [-0.39, 0.29) is 12.0 Å². The molecule has 10 heavy (non-hydrogen) atoms. The van der Waals surface area contributed by atoms with E-state index in [1.807, 2.05) is 0 Å². The van der Waals surface area contributed by atoms with Crippen molar-refractivity contribution in [3.05, 3.63) is 0 Å². The molecule has 1 N–H and O–H groups in total. The van der Waals surface area contributed by atoms with Crippen molar-refractivity contribution in [3.63, 3.8) is 0 Å². The molecule has 0 aromatic heterocycles. The van der Waals surface area contributed by atoms with Crippen molar-refractivity contribution in [2.75, 3.05) is 7.11 Å². The molecule has 1 aliphatic rings. The van der Waals surface area contributed by atoms with E-state index in [4.69, 9.17) is 9.84 Å². The lowest BCUT2D eigenvalue weighted by molar-refractivity contribution is -0.145. The van der Waals surface area contributed by atoms with Crippen molar-refractivity contribution < 1.29 is 14.6 Å². The van der Waals surface area contributed by atoms with Gasteiger partial charge in [0.15, 0.2) is 0 Å². The second-order valence-corrected chi connectivity index (χ2v) is 2.65. The molecule has 1 fully saturated rings. The summed E-state index contributed by atoms with van der Waals surface area (Å²) in [7, 11) is 1.58. The van der Waals surface area contributed by atoms with Crippen LogP contribution in [0.1, 0.15) is 19.3 Å². The molecule has 0 aromatic rings. The third-order valence-electron chi connectivity index (χ3n) is 2.07. The molecule has 0 radical (unpaired) electrons. The first kappa shape index (κ1) is 7.54. The minimum atomic E-state index is -0.718. The van der Waals surface area contributed by atoms with Crippen LogP contribution in [0.25, 0.3) is 0 Å². The molecule has 0 amide bonds. The van der Waals surface area contributed by atoms with E-state index in [1.54, 1.807) is 7.11 Å². The molecule has 0 saturated heterocycles. The molecule has 58 valence electrons. The number of ether oxygens (including phenoxy) is 1. The summed E-state index contributed by atoms with van der Waals surface area (Å²) < 4.78 is 5.00. The summed E-state index contributed by atoms with van der Waals surface area (Å²) in [6, 6.07) is 0. The largest absolute Gasteiger partial charge is 0.481 e. The van der Waals surface area contributed by atoms with Gasteiger partial charge in [0.05, 0.1) is 12.0 Å². The van der Waals surface area contributed by atoms with Crippen LogP contribution < -0.4 is 0 Å². The number of aliphatic carboxylic acids is 1. The van der Waals surface area contributed by atoms with Gasteiger partial charge in [-0.1, -0.05) is 0 Å². The molecular formula is C7H12O3. The molecule has 3 heteroatoms. The summed E-state index contributed by atoms with van der Waals surface area (Å²) in [6.45, 7) is 0. The maximum Gasteiger partial charge on any atom is 0.309 e. The number of rotatable bonds is 2. The third-order valence-corrected chi connectivity index (χ3v) is 2.07. The van der Waals surface area contributed by atoms with Gasteiger partial charge in [0.2, 0.25) is 0 Å². The van der Waals surface area contributed by atoms with E-state index in [0.717, 1.165) is 19.3 Å². The lowest BCUT2D eigenvalue weighted by Crippen LogP contribution is -2.24. The normalized spacial score (nSPS) is 32.5. The number of carboxylic acids is 1. The maximum absolute atomic E-state index is 10.5. The molecule has 1 rings (SSSR count). The second-order valence-electron chi connectivity index (χ2n) is 2.65. The Balaban J connectivity index is 2.50. The predicted molar refractivity (Wildman–Crippen MR) is 35.8 cm³/mol. The van der Waals surface area contributed by atoms with Gasteiger partial charge in [0.1, 0.15) is 0 Å². The summed E-state index contributed by atoms with van der Waals surface area (Å²) in [6.07, 6.45) is 2.61. The van der Waals surface area contributed by atoms with Crippen molar-refractivity contribution in [2.45, 2.75) is 25.4 Å². The molecule has 1 aliphatic carbocycles. The number of hydrogen-bond donors (Lipinski definition) is 1. The topological polar surface area (TPSA) is 46.5 Å². The van der Waals surface area contributed by atoms with E-state index in [2.05, 4.69) is 0 Å². The highest BCUT2D eigenvalue weighted by Crippen LogP contribution is 2.27. The zero-order chi connectivity index (χ0) is 7.56. The van der Waals surface area contributed by atoms with Gasteiger partial charge in [-0.3, -0.25) is 4.79 Å². The summed E-state index contributed by atoms with van der Waals surface area (Å²) in [5.74, 6) is -0.977. The Kier molecular flexibility index (Phi) is 2.27. The molecule has 1 saturated carbocycles. The van der Waals surface area contributed by atoms with Crippen molar-refractivity contribution in [1.82, 2.24) is 0 Å². The maximum atomic E-state index is 10.5. The number of methoxy groups -OCH3 is 1. The highest BCUT2D eigenvalue weighted by Gasteiger charge is 2.32. The Hall–Kier alpha value is -0.570. The first-order valence-electron chi connectivity index (χ1n) is 3.51. The van der Waals surface area contributed by atoms with Gasteiger partial charge in [-0.05, 0) is 19.3 Å². The Labute approximate surface area is 60.0 Å². The van der Waals surface area contributed by atoms with E-state index in [0.29, 0.717) is 0 Å². The highest BCUT2D eigenvalue weighted by atomic mass is 16.5. The predicted octanol–water partition coefficient (Wildman–Crippen LogP) is 0.886. The van der Waals surface area contributed by atoms with Gasteiger partial charge in [-0.25, -0.2) is 0 Å². The molecular weight excluding hydrogens is 132 g/mol. The van der Waals surface area contributed by atoms with E-state index >= 15 is 0 Å². The Bertz CT molecular complexity index is 133. The average molecular weight is 144 g/mol. The smallest absolute Gasteiger partial charge is 0.309 e. The summed E-state index contributed by atoms with van der Waals surface area (Å²) in [4.78, 5) is 10.5. The zero-order valence-corrected chi connectivity index (χ0v) is 6.04. The number of hydrogen-bond acceptors (Lipinski definition) is 2. The molecule has 0 bridgehead atoms. The first-order chi connectivity index (χ1) is 4.75. The zero-order valence-electron chi connectivity index (χ0n) is 6.04. The van der Waals surface area contributed by atoms with Crippen LogP contribution >= 0.6 is 0 Å². The molecule has 0 aliphatic heterocycles. The van der Waals surface area contributed by atoms with Crippen molar-refractivity contribution in [1.29, 1.82) is 0 Å². The van der Waals surface area contributed by atoms with Gasteiger partial charge in [0, 0.05) is 7.11 Å². The van der Waals surface area contributed by atoms with Gasteiger partial charge in [-0.2, -0.15) is 0 Å². The Morgan fingerprint density at radius 1 is 1.60 bits per heavy atom. The summed E-state index contributed by atoms with van der Waals surface area (Å²) in [5.41, 5.74) is 0. The second kappa shape index (κ2) is 3.01. The van der Waals surface area contributed by atoms with Crippen LogP contribution in [0.15, 0.2) is 0 Å². The van der Waals surface area contributed by atoms with Crippen LogP contribution in [-0.2, 0) is 9.53 Å². The van der Waals surface area contributed by atoms with E-state index in [9.17, 15) is 4.79 Å². The van der Waals surface area contributed by atoms with Crippen molar-refractivity contribution in [3.8, 4) is 0 Å².